The van der Waals surface area contributed by atoms with Gasteiger partial charge in [-0.3, -0.25) is 0 Å². The molecule has 22 heavy (non-hydrogen) atoms. The van der Waals surface area contributed by atoms with Gasteiger partial charge in [0.15, 0.2) is 11.5 Å². The van der Waals surface area contributed by atoms with Crippen LogP contribution in [0.2, 0.25) is 0 Å². The van der Waals surface area contributed by atoms with Crippen LogP contribution in [0.1, 0.15) is 38.2 Å². The second-order valence-corrected chi connectivity index (χ2v) is 6.12. The predicted octanol–water partition coefficient (Wildman–Crippen LogP) is 3.03. The number of likely N-dealkylation sites (N-methyl/N-ethyl adjacent to an activating group) is 1. The van der Waals surface area contributed by atoms with Crippen molar-refractivity contribution in [3.63, 3.8) is 0 Å². The number of ether oxygens (including phenoxy) is 2. The van der Waals surface area contributed by atoms with Crippen LogP contribution < -0.4 is 9.47 Å². The highest BCUT2D eigenvalue weighted by Crippen LogP contribution is 2.46. The van der Waals surface area contributed by atoms with E-state index in [4.69, 9.17) is 9.47 Å². The minimum absolute atomic E-state index is 0.0178. The van der Waals surface area contributed by atoms with Crippen molar-refractivity contribution in [2.45, 2.75) is 44.1 Å². The van der Waals surface area contributed by atoms with E-state index in [-0.39, 0.29) is 11.5 Å². The lowest BCUT2D eigenvalue weighted by Gasteiger charge is -2.37. The molecule has 4 heteroatoms. The molecule has 1 aromatic carbocycles. The molecule has 0 aliphatic carbocycles. The Labute approximate surface area is 133 Å². The van der Waals surface area contributed by atoms with Crippen LogP contribution in [0.3, 0.4) is 0 Å². The SMILES string of the molecule is CCC[C@@]1(c2ccc(OC)c(OC)c2)CCN(C)C1CC=O. The average molecular weight is 305 g/mol. The lowest BCUT2D eigenvalue weighted by Crippen LogP contribution is -2.41. The molecule has 1 heterocycles. The van der Waals surface area contributed by atoms with Crippen molar-refractivity contribution in [3.05, 3.63) is 23.8 Å². The number of likely N-dealkylation sites (tertiary alicyclic amines) is 1. The lowest BCUT2D eigenvalue weighted by atomic mass is 9.70. The van der Waals surface area contributed by atoms with E-state index in [9.17, 15) is 4.79 Å². The average Bonchev–Trinajstić information content (AvgIpc) is 2.85. The molecule has 0 saturated carbocycles. The van der Waals surface area contributed by atoms with Gasteiger partial charge in [0, 0.05) is 17.9 Å². The van der Waals surface area contributed by atoms with E-state index in [1.54, 1.807) is 14.2 Å². The second kappa shape index (κ2) is 7.14. The number of aldehydes is 1. The van der Waals surface area contributed by atoms with Gasteiger partial charge >= 0.3 is 0 Å². The summed E-state index contributed by atoms with van der Waals surface area (Å²) in [6.07, 6.45) is 4.87. The number of methoxy groups -OCH3 is 2. The second-order valence-electron chi connectivity index (χ2n) is 6.12. The standard InChI is InChI=1S/C18H27NO3/c1-5-9-18(10-11-19(2)17(18)8-12-20)14-6-7-15(21-3)16(13-14)22-4/h6-7,12-13,17H,5,8-11H2,1-4H3/t17?,18-/m0/s1. The molecular formula is C18H27NO3. The third-order valence-corrected chi connectivity index (χ3v) is 5.05. The Balaban J connectivity index is 2.49. The number of carbonyl (C=O) groups excluding carboxylic acids is 1. The number of hydrogen-bond donors (Lipinski definition) is 0. The number of nitrogens with zero attached hydrogens (tertiary/aromatic N) is 1. The van der Waals surface area contributed by atoms with Crippen LogP contribution in [0, 0.1) is 0 Å². The fourth-order valence-electron chi connectivity index (χ4n) is 3.98. The van der Waals surface area contributed by atoms with Gasteiger partial charge in [0.25, 0.3) is 0 Å². The van der Waals surface area contributed by atoms with Crippen molar-refractivity contribution in [2.75, 3.05) is 27.8 Å². The van der Waals surface area contributed by atoms with Crippen molar-refractivity contribution >= 4 is 6.29 Å². The third-order valence-electron chi connectivity index (χ3n) is 5.05. The maximum absolute atomic E-state index is 11.2. The molecule has 0 radical (unpaired) electrons. The Morgan fingerprint density at radius 2 is 2.05 bits per heavy atom. The largest absolute Gasteiger partial charge is 0.493 e. The van der Waals surface area contributed by atoms with Gasteiger partial charge in [-0.25, -0.2) is 0 Å². The van der Waals surface area contributed by atoms with Gasteiger partial charge in [-0.2, -0.15) is 0 Å². The lowest BCUT2D eigenvalue weighted by molar-refractivity contribution is -0.109. The number of carbonyl (C=O) groups is 1. The maximum atomic E-state index is 11.2. The topological polar surface area (TPSA) is 38.8 Å². The first-order valence-electron chi connectivity index (χ1n) is 7.99. The molecule has 0 N–H and O–H groups in total. The van der Waals surface area contributed by atoms with Crippen LogP contribution in [0.4, 0.5) is 0 Å². The summed E-state index contributed by atoms with van der Waals surface area (Å²) in [5.74, 6) is 1.51. The zero-order valence-corrected chi connectivity index (χ0v) is 14.1. The summed E-state index contributed by atoms with van der Waals surface area (Å²) in [5.41, 5.74) is 1.27. The van der Waals surface area contributed by atoms with Crippen LogP contribution in [0.5, 0.6) is 11.5 Å². The quantitative estimate of drug-likeness (QED) is 0.726. The summed E-state index contributed by atoms with van der Waals surface area (Å²) in [6, 6.07) is 6.45. The zero-order valence-electron chi connectivity index (χ0n) is 14.1. The Morgan fingerprint density at radius 3 is 2.64 bits per heavy atom. The number of rotatable bonds is 7. The molecule has 0 amide bonds. The molecule has 0 bridgehead atoms. The summed E-state index contributed by atoms with van der Waals surface area (Å²) < 4.78 is 10.8. The number of benzene rings is 1. The van der Waals surface area contributed by atoms with Gasteiger partial charge in [0.1, 0.15) is 6.29 Å². The smallest absolute Gasteiger partial charge is 0.161 e. The highest BCUT2D eigenvalue weighted by molar-refractivity contribution is 5.53. The van der Waals surface area contributed by atoms with E-state index < -0.39 is 0 Å². The van der Waals surface area contributed by atoms with Crippen molar-refractivity contribution in [3.8, 4) is 11.5 Å². The van der Waals surface area contributed by atoms with E-state index in [1.807, 2.05) is 6.07 Å². The van der Waals surface area contributed by atoms with Crippen LogP contribution in [-0.2, 0) is 10.2 Å². The van der Waals surface area contributed by atoms with E-state index in [0.717, 1.165) is 43.6 Å². The van der Waals surface area contributed by atoms with Crippen molar-refractivity contribution in [1.82, 2.24) is 4.90 Å². The van der Waals surface area contributed by atoms with Gasteiger partial charge in [0.05, 0.1) is 14.2 Å². The minimum Gasteiger partial charge on any atom is -0.493 e. The fraction of sp³-hybridized carbons (Fsp3) is 0.611. The van der Waals surface area contributed by atoms with E-state index >= 15 is 0 Å². The van der Waals surface area contributed by atoms with Crippen LogP contribution >= 0.6 is 0 Å². The predicted molar refractivity (Wildman–Crippen MR) is 87.8 cm³/mol. The summed E-state index contributed by atoms with van der Waals surface area (Å²) >= 11 is 0. The van der Waals surface area contributed by atoms with Crippen molar-refractivity contribution in [2.24, 2.45) is 0 Å². The Morgan fingerprint density at radius 1 is 1.32 bits per heavy atom. The first-order chi connectivity index (χ1) is 10.6. The van der Waals surface area contributed by atoms with E-state index in [1.165, 1.54) is 5.56 Å². The molecule has 2 atom stereocenters. The number of hydrogen-bond acceptors (Lipinski definition) is 4. The molecule has 1 aliphatic rings. The minimum atomic E-state index is 0.0178. The Bertz CT molecular complexity index is 513. The summed E-state index contributed by atoms with van der Waals surface area (Å²) in [5, 5.41) is 0. The molecule has 4 nitrogen and oxygen atoms in total. The normalized spacial score (nSPS) is 25.2. The Kier molecular flexibility index (Phi) is 5.46. The van der Waals surface area contributed by atoms with Gasteiger partial charge < -0.3 is 19.2 Å². The molecule has 1 saturated heterocycles. The monoisotopic (exact) mass is 305 g/mol. The van der Waals surface area contributed by atoms with Gasteiger partial charge in [-0.1, -0.05) is 19.4 Å². The molecule has 1 aliphatic heterocycles. The highest BCUT2D eigenvalue weighted by atomic mass is 16.5. The molecule has 0 aromatic heterocycles. The highest BCUT2D eigenvalue weighted by Gasteiger charge is 2.46. The molecule has 2 rings (SSSR count). The van der Waals surface area contributed by atoms with Crippen molar-refractivity contribution < 1.29 is 14.3 Å². The van der Waals surface area contributed by atoms with Gasteiger partial charge in [-0.15, -0.1) is 0 Å². The van der Waals surface area contributed by atoms with Crippen LogP contribution in [0.25, 0.3) is 0 Å². The molecule has 1 fully saturated rings. The van der Waals surface area contributed by atoms with Gasteiger partial charge in [0.2, 0.25) is 0 Å². The zero-order chi connectivity index (χ0) is 16.2. The summed E-state index contributed by atoms with van der Waals surface area (Å²) in [4.78, 5) is 13.5. The molecule has 1 unspecified atom stereocenters. The first kappa shape index (κ1) is 16.8. The van der Waals surface area contributed by atoms with Crippen molar-refractivity contribution in [1.29, 1.82) is 0 Å². The van der Waals surface area contributed by atoms with E-state index in [2.05, 4.69) is 31.0 Å². The van der Waals surface area contributed by atoms with Gasteiger partial charge in [-0.05, 0) is 44.1 Å². The van der Waals surface area contributed by atoms with Crippen LogP contribution in [0.15, 0.2) is 18.2 Å². The van der Waals surface area contributed by atoms with E-state index in [0.29, 0.717) is 6.42 Å². The molecule has 0 spiro atoms. The molecular weight excluding hydrogens is 278 g/mol. The first-order valence-corrected chi connectivity index (χ1v) is 7.99. The third kappa shape index (κ3) is 2.84. The van der Waals surface area contributed by atoms with Crippen LogP contribution in [-0.4, -0.2) is 45.0 Å². The summed E-state index contributed by atoms with van der Waals surface area (Å²) in [7, 11) is 5.43. The molecule has 122 valence electrons. The molecule has 1 aromatic rings. The summed E-state index contributed by atoms with van der Waals surface area (Å²) in [6.45, 7) is 3.23. The maximum Gasteiger partial charge on any atom is 0.161 e. The Hall–Kier alpha value is -1.55. The fourth-order valence-corrected chi connectivity index (χ4v) is 3.98.